The molecule has 2 aromatic carbocycles. The van der Waals surface area contributed by atoms with Gasteiger partial charge in [0.1, 0.15) is 5.82 Å². The second-order valence-corrected chi connectivity index (χ2v) is 9.65. The number of benzene rings is 2. The molecule has 3 N–H and O–H groups in total. The van der Waals surface area contributed by atoms with Gasteiger partial charge < -0.3 is 10.3 Å². The topological polar surface area (TPSA) is 112 Å². The van der Waals surface area contributed by atoms with E-state index >= 15 is 0 Å². The molecule has 0 fully saturated rings. The molecule has 0 spiro atoms. The van der Waals surface area contributed by atoms with Crippen LogP contribution in [-0.4, -0.2) is 36.0 Å². The summed E-state index contributed by atoms with van der Waals surface area (Å²) in [5, 5.41) is 12.0. The fraction of sp³-hybridized carbons (Fsp3) is 0.0312. The van der Waals surface area contributed by atoms with Gasteiger partial charge in [-0.25, -0.2) is 9.37 Å². The lowest BCUT2D eigenvalue weighted by atomic mass is 10.1. The summed E-state index contributed by atoms with van der Waals surface area (Å²) in [5.41, 5.74) is 7.03. The zero-order valence-corrected chi connectivity index (χ0v) is 21.6. The molecule has 0 aliphatic rings. The number of hydrogen-bond acceptors (Lipinski definition) is 5. The average Bonchev–Trinajstić information content (AvgIpc) is 3.62. The molecule has 0 unspecified atom stereocenters. The Balaban J connectivity index is 1.22. The Hall–Kier alpha value is -5.70. The smallest absolute Gasteiger partial charge is 0.228 e. The van der Waals surface area contributed by atoms with E-state index in [1.54, 1.807) is 43.0 Å². The molecule has 7 aromatic rings. The first-order chi connectivity index (χ1) is 20.1. The first-order valence-electron chi connectivity index (χ1n) is 13.0. The van der Waals surface area contributed by atoms with Crippen molar-refractivity contribution in [3.05, 3.63) is 115 Å². The van der Waals surface area contributed by atoms with E-state index in [0.717, 1.165) is 44.4 Å². The second-order valence-electron chi connectivity index (χ2n) is 9.65. The highest BCUT2D eigenvalue weighted by Crippen LogP contribution is 2.34. The number of fused-ring (bicyclic) bond motifs is 2. The van der Waals surface area contributed by atoms with Crippen LogP contribution in [0, 0.1) is 5.82 Å². The van der Waals surface area contributed by atoms with Crippen LogP contribution in [0.25, 0.3) is 55.7 Å². The van der Waals surface area contributed by atoms with E-state index in [-0.39, 0.29) is 18.1 Å². The number of hydrogen-bond donors (Lipinski definition) is 3. The molecule has 5 heterocycles. The number of amides is 1. The monoisotopic (exact) mass is 539 g/mol. The summed E-state index contributed by atoms with van der Waals surface area (Å²) in [6.07, 6.45) is 7.01. The Morgan fingerprint density at radius 1 is 0.854 bits per heavy atom. The molecule has 0 saturated heterocycles. The maximum absolute atomic E-state index is 14.6. The van der Waals surface area contributed by atoms with Crippen molar-refractivity contribution in [2.24, 2.45) is 0 Å². The van der Waals surface area contributed by atoms with Crippen molar-refractivity contribution in [3.8, 4) is 33.8 Å². The fourth-order valence-electron chi connectivity index (χ4n) is 4.97. The number of aromatic amines is 2. The van der Waals surface area contributed by atoms with Crippen molar-refractivity contribution in [1.29, 1.82) is 0 Å². The summed E-state index contributed by atoms with van der Waals surface area (Å²) in [6.45, 7) is 0. The van der Waals surface area contributed by atoms with Gasteiger partial charge in [-0.2, -0.15) is 5.10 Å². The summed E-state index contributed by atoms with van der Waals surface area (Å²) in [4.78, 5) is 29.3. The fourth-order valence-corrected chi connectivity index (χ4v) is 4.97. The molecule has 41 heavy (non-hydrogen) atoms. The van der Waals surface area contributed by atoms with E-state index < -0.39 is 0 Å². The molecule has 8 nitrogen and oxygen atoms in total. The van der Waals surface area contributed by atoms with Gasteiger partial charge in [0, 0.05) is 51.6 Å². The number of carbonyl (C=O) groups excluding carboxylic acids is 1. The Kier molecular flexibility index (Phi) is 6.01. The third kappa shape index (κ3) is 4.70. The van der Waals surface area contributed by atoms with Gasteiger partial charge in [-0.3, -0.25) is 19.9 Å². The van der Waals surface area contributed by atoms with E-state index in [4.69, 9.17) is 0 Å². The molecule has 5 aromatic heterocycles. The predicted molar refractivity (Wildman–Crippen MR) is 156 cm³/mol. The van der Waals surface area contributed by atoms with Gasteiger partial charge in [0.15, 0.2) is 5.65 Å². The Morgan fingerprint density at radius 2 is 1.68 bits per heavy atom. The first-order valence-corrected chi connectivity index (χ1v) is 13.0. The third-order valence-corrected chi connectivity index (χ3v) is 6.92. The molecule has 7 rings (SSSR count). The van der Waals surface area contributed by atoms with E-state index in [2.05, 4.69) is 35.5 Å². The number of H-pyrrole nitrogens is 2. The minimum atomic E-state index is -0.330. The van der Waals surface area contributed by atoms with E-state index in [1.165, 1.54) is 6.07 Å². The molecule has 0 aliphatic heterocycles. The molecule has 9 heteroatoms. The van der Waals surface area contributed by atoms with Crippen LogP contribution in [0.2, 0.25) is 0 Å². The molecule has 0 radical (unpaired) electrons. The summed E-state index contributed by atoms with van der Waals surface area (Å²) >= 11 is 0. The van der Waals surface area contributed by atoms with Gasteiger partial charge in [-0.1, -0.05) is 42.5 Å². The van der Waals surface area contributed by atoms with Crippen LogP contribution in [0.3, 0.4) is 0 Å². The number of halogens is 1. The largest absolute Gasteiger partial charge is 0.353 e. The maximum atomic E-state index is 14.6. The van der Waals surface area contributed by atoms with Crippen molar-refractivity contribution in [1.82, 2.24) is 30.1 Å². The van der Waals surface area contributed by atoms with Crippen LogP contribution in [0.4, 0.5) is 10.1 Å². The van der Waals surface area contributed by atoms with E-state index in [1.807, 2.05) is 54.6 Å². The molecular formula is C32H22FN7O. The average molecular weight is 540 g/mol. The Morgan fingerprint density at radius 3 is 2.56 bits per heavy atom. The minimum Gasteiger partial charge on any atom is -0.353 e. The van der Waals surface area contributed by atoms with Gasteiger partial charge in [-0.15, -0.1) is 0 Å². The summed E-state index contributed by atoms with van der Waals surface area (Å²) in [6, 6.07) is 23.8. The zero-order valence-electron chi connectivity index (χ0n) is 21.6. The van der Waals surface area contributed by atoms with Crippen molar-refractivity contribution in [2.45, 2.75) is 6.42 Å². The number of carbonyl (C=O) groups is 1. The van der Waals surface area contributed by atoms with Gasteiger partial charge in [0.25, 0.3) is 0 Å². The van der Waals surface area contributed by atoms with E-state index in [0.29, 0.717) is 22.6 Å². The molecule has 1 amide bonds. The Labute approximate surface area is 233 Å². The van der Waals surface area contributed by atoms with Crippen LogP contribution < -0.4 is 5.32 Å². The lowest BCUT2D eigenvalue weighted by Crippen LogP contribution is -2.14. The van der Waals surface area contributed by atoms with Gasteiger partial charge >= 0.3 is 0 Å². The highest BCUT2D eigenvalue weighted by Gasteiger charge is 2.17. The lowest BCUT2D eigenvalue weighted by Gasteiger charge is -2.07. The van der Waals surface area contributed by atoms with Gasteiger partial charge in [0.05, 0.1) is 35.4 Å². The van der Waals surface area contributed by atoms with Crippen LogP contribution in [0.15, 0.2) is 104 Å². The van der Waals surface area contributed by atoms with Crippen LogP contribution in [-0.2, 0) is 11.2 Å². The SMILES string of the molecule is O=C(Cc1ccccc1)Nc1cncc(-c2cnc3n[nH]c(-c4cc5c(-c6ccccc6F)nccc5[nH]4)c3c2)c1. The molecule has 0 bridgehead atoms. The van der Waals surface area contributed by atoms with Crippen molar-refractivity contribution >= 4 is 33.5 Å². The number of aromatic nitrogens is 6. The molecule has 0 saturated carbocycles. The number of nitrogens with zero attached hydrogens (tertiary/aromatic N) is 4. The molecule has 0 aliphatic carbocycles. The molecular weight excluding hydrogens is 517 g/mol. The number of pyridine rings is 3. The Bertz CT molecular complexity index is 2050. The zero-order chi connectivity index (χ0) is 27.8. The number of nitrogens with one attached hydrogen (secondary N) is 3. The number of rotatable bonds is 6. The van der Waals surface area contributed by atoms with E-state index in [9.17, 15) is 9.18 Å². The molecule has 198 valence electrons. The third-order valence-electron chi connectivity index (χ3n) is 6.92. The predicted octanol–water partition coefficient (Wildman–Crippen LogP) is 6.55. The summed E-state index contributed by atoms with van der Waals surface area (Å²) in [7, 11) is 0. The second kappa shape index (κ2) is 10.1. The summed E-state index contributed by atoms with van der Waals surface area (Å²) < 4.78 is 14.6. The van der Waals surface area contributed by atoms with Crippen molar-refractivity contribution in [2.75, 3.05) is 5.32 Å². The first kappa shape index (κ1) is 24.3. The molecule has 0 atom stereocenters. The normalized spacial score (nSPS) is 11.2. The standard InChI is InChI=1S/C32H22FN7O/c33-26-9-5-4-8-23(26)30-24-15-28(38-27(24)10-11-35-30)31-25-14-21(17-36-32(25)40-39-31)20-13-22(18-34-16-20)37-29(41)12-19-6-2-1-3-7-19/h1-11,13-18,38H,12H2,(H,37,41)(H,36,39,40). The van der Waals surface area contributed by atoms with Crippen LogP contribution in [0.1, 0.15) is 5.56 Å². The van der Waals surface area contributed by atoms with Crippen molar-refractivity contribution in [3.63, 3.8) is 0 Å². The lowest BCUT2D eigenvalue weighted by molar-refractivity contribution is -0.115. The highest BCUT2D eigenvalue weighted by molar-refractivity contribution is 6.00. The van der Waals surface area contributed by atoms with Gasteiger partial charge in [-0.05, 0) is 42.0 Å². The van der Waals surface area contributed by atoms with Crippen LogP contribution in [0.5, 0.6) is 0 Å². The van der Waals surface area contributed by atoms with Crippen molar-refractivity contribution < 1.29 is 9.18 Å². The maximum Gasteiger partial charge on any atom is 0.228 e. The van der Waals surface area contributed by atoms with Crippen LogP contribution >= 0.6 is 0 Å². The minimum absolute atomic E-state index is 0.121. The highest BCUT2D eigenvalue weighted by atomic mass is 19.1. The number of anilines is 1. The van der Waals surface area contributed by atoms with Gasteiger partial charge in [0.2, 0.25) is 5.91 Å². The summed E-state index contributed by atoms with van der Waals surface area (Å²) in [5.74, 6) is -0.452. The quantitative estimate of drug-likeness (QED) is 0.222.